The van der Waals surface area contributed by atoms with Gasteiger partial charge in [0.05, 0.1) is 10.8 Å². The Morgan fingerprint density at radius 3 is 2.48 bits per heavy atom. The zero-order valence-electron chi connectivity index (χ0n) is 25.9. The van der Waals surface area contributed by atoms with Crippen molar-refractivity contribution in [2.45, 2.75) is 61.4 Å². The average molecular weight is 656 g/mol. The Morgan fingerprint density at radius 1 is 1.04 bits per heavy atom. The van der Waals surface area contributed by atoms with Crippen molar-refractivity contribution in [1.82, 2.24) is 9.62 Å². The summed E-state index contributed by atoms with van der Waals surface area (Å²) in [6, 6.07) is 15.9. The fraction of sp³-hybridized carbons (Fsp3) is 0.400. The fourth-order valence-electron chi connectivity index (χ4n) is 6.93. The minimum Gasteiger partial charge on any atom is -0.381 e. The van der Waals surface area contributed by atoms with Crippen LogP contribution in [-0.2, 0) is 31.4 Å². The lowest BCUT2D eigenvalue weighted by Crippen LogP contribution is -2.58. The summed E-state index contributed by atoms with van der Waals surface area (Å²) in [6.07, 6.45) is 3.46. The summed E-state index contributed by atoms with van der Waals surface area (Å²) in [5.41, 5.74) is 0.180. The normalized spacial score (nSPS) is 21.0. The van der Waals surface area contributed by atoms with Crippen LogP contribution in [0.2, 0.25) is 0 Å². The van der Waals surface area contributed by atoms with E-state index in [0.29, 0.717) is 68.8 Å². The first-order chi connectivity index (χ1) is 22.1. The van der Waals surface area contributed by atoms with Crippen molar-refractivity contribution in [1.29, 1.82) is 0 Å². The van der Waals surface area contributed by atoms with Gasteiger partial charge < -0.3 is 15.4 Å². The summed E-state index contributed by atoms with van der Waals surface area (Å²) in [4.78, 5) is 14.1. The van der Waals surface area contributed by atoms with Gasteiger partial charge in [-0.05, 0) is 81.0 Å². The fourth-order valence-corrected chi connectivity index (χ4v) is 8.80. The van der Waals surface area contributed by atoms with Crippen LogP contribution in [0.5, 0.6) is 0 Å². The van der Waals surface area contributed by atoms with Gasteiger partial charge in [0.1, 0.15) is 5.82 Å². The van der Waals surface area contributed by atoms with Crippen LogP contribution in [0.15, 0.2) is 84.3 Å². The second kappa shape index (κ2) is 14.5. The zero-order valence-corrected chi connectivity index (χ0v) is 26.7. The number of sulfonamides is 1. The number of rotatable bonds is 11. The number of ether oxygens (including phenoxy) is 1. The molecular formula is C35H40F3N3O4S. The van der Waals surface area contributed by atoms with Crippen LogP contribution in [0.3, 0.4) is 0 Å². The lowest BCUT2D eigenvalue weighted by atomic mass is 9.65. The van der Waals surface area contributed by atoms with E-state index < -0.39 is 44.7 Å². The van der Waals surface area contributed by atoms with Crippen molar-refractivity contribution in [3.05, 3.63) is 108 Å². The van der Waals surface area contributed by atoms with Gasteiger partial charge in [0.25, 0.3) is 0 Å². The minimum absolute atomic E-state index is 0.232. The number of anilines is 1. The standard InChI is InChI=1S/C35H40F3N3O4S/c1-3-29(35(17-19-45-20-18-35)25-15-16-31(37)32(38)21-25)34(42)40-33-14-8-13-30(36)28(33)12-7-9-26-23-39-22-24(2)41(26)46(43,44)27-10-5-4-6-11-27/h3-6,8,10-11,13-16,21,24,26,29,39H,1,7,9,12,17-20,22-23H2,2H3,(H,40,42). The van der Waals surface area contributed by atoms with Crippen molar-refractivity contribution in [3.8, 4) is 0 Å². The van der Waals surface area contributed by atoms with Crippen molar-refractivity contribution in [2.75, 3.05) is 31.6 Å². The molecule has 246 valence electrons. The van der Waals surface area contributed by atoms with Gasteiger partial charge in [-0.3, -0.25) is 4.79 Å². The maximum atomic E-state index is 15.3. The Bertz CT molecular complexity index is 1650. The smallest absolute Gasteiger partial charge is 0.243 e. The Kier molecular flexibility index (Phi) is 10.7. The molecule has 46 heavy (non-hydrogen) atoms. The summed E-state index contributed by atoms with van der Waals surface area (Å²) in [7, 11) is -3.75. The van der Waals surface area contributed by atoms with Gasteiger partial charge in [0.2, 0.25) is 15.9 Å². The van der Waals surface area contributed by atoms with E-state index in [-0.39, 0.29) is 23.4 Å². The molecular weight excluding hydrogens is 615 g/mol. The van der Waals surface area contributed by atoms with Crippen molar-refractivity contribution < 1.29 is 31.1 Å². The number of amides is 1. The molecule has 3 aromatic carbocycles. The maximum Gasteiger partial charge on any atom is 0.243 e. The Balaban J connectivity index is 1.34. The van der Waals surface area contributed by atoms with E-state index in [9.17, 15) is 22.0 Å². The summed E-state index contributed by atoms with van der Waals surface area (Å²) in [6.45, 7) is 7.41. The lowest BCUT2D eigenvalue weighted by molar-refractivity contribution is -0.121. The second-order valence-corrected chi connectivity index (χ2v) is 13.9. The van der Waals surface area contributed by atoms with E-state index in [1.807, 2.05) is 6.92 Å². The van der Waals surface area contributed by atoms with Crippen molar-refractivity contribution in [2.24, 2.45) is 5.92 Å². The second-order valence-electron chi connectivity index (χ2n) is 12.1. The van der Waals surface area contributed by atoms with Crippen LogP contribution in [0.4, 0.5) is 18.9 Å². The molecule has 0 bridgehead atoms. The molecule has 0 radical (unpaired) electrons. The molecule has 11 heteroatoms. The molecule has 3 unspecified atom stereocenters. The van der Waals surface area contributed by atoms with E-state index in [2.05, 4.69) is 17.2 Å². The van der Waals surface area contributed by atoms with Crippen LogP contribution in [0, 0.1) is 23.4 Å². The molecule has 2 aliphatic heterocycles. The molecule has 2 aliphatic rings. The molecule has 1 amide bonds. The van der Waals surface area contributed by atoms with Crippen LogP contribution in [0.1, 0.15) is 43.7 Å². The third-order valence-electron chi connectivity index (χ3n) is 9.27. The number of nitrogens with zero attached hydrogens (tertiary/aromatic N) is 1. The summed E-state index contributed by atoms with van der Waals surface area (Å²) < 4.78 is 77.8. The number of halogens is 3. The first-order valence-corrected chi connectivity index (χ1v) is 17.1. The van der Waals surface area contributed by atoms with E-state index >= 15 is 4.39 Å². The minimum atomic E-state index is -3.75. The first kappa shape index (κ1) is 33.8. The number of hydrogen-bond acceptors (Lipinski definition) is 5. The van der Waals surface area contributed by atoms with Gasteiger partial charge in [-0.2, -0.15) is 4.31 Å². The number of piperazine rings is 1. The Labute approximate surface area is 268 Å². The van der Waals surface area contributed by atoms with Crippen LogP contribution in [0.25, 0.3) is 0 Å². The molecule has 3 aromatic rings. The number of hydrogen-bond donors (Lipinski definition) is 2. The van der Waals surface area contributed by atoms with E-state index in [4.69, 9.17) is 4.74 Å². The maximum absolute atomic E-state index is 15.3. The largest absolute Gasteiger partial charge is 0.381 e. The van der Waals surface area contributed by atoms with Crippen molar-refractivity contribution in [3.63, 3.8) is 0 Å². The highest BCUT2D eigenvalue weighted by molar-refractivity contribution is 7.89. The van der Waals surface area contributed by atoms with Gasteiger partial charge in [-0.25, -0.2) is 21.6 Å². The lowest BCUT2D eigenvalue weighted by Gasteiger charge is -2.42. The van der Waals surface area contributed by atoms with Crippen LogP contribution in [-0.4, -0.2) is 57.0 Å². The molecule has 0 aromatic heterocycles. The Hall–Kier alpha value is -3.51. The Morgan fingerprint density at radius 2 is 1.78 bits per heavy atom. The third-order valence-corrected chi connectivity index (χ3v) is 11.3. The molecule has 3 atom stereocenters. The van der Waals surface area contributed by atoms with Crippen LogP contribution < -0.4 is 10.6 Å². The molecule has 2 heterocycles. The summed E-state index contributed by atoms with van der Waals surface area (Å²) >= 11 is 0. The van der Waals surface area contributed by atoms with Gasteiger partial charge >= 0.3 is 0 Å². The predicted octanol–water partition coefficient (Wildman–Crippen LogP) is 5.97. The molecule has 0 aliphatic carbocycles. The average Bonchev–Trinajstić information content (AvgIpc) is 3.04. The summed E-state index contributed by atoms with van der Waals surface area (Å²) in [5.74, 6) is -3.76. The van der Waals surface area contributed by atoms with Gasteiger partial charge in [0.15, 0.2) is 11.6 Å². The molecule has 2 N–H and O–H groups in total. The van der Waals surface area contributed by atoms with E-state index in [0.717, 1.165) is 12.1 Å². The van der Waals surface area contributed by atoms with E-state index in [1.54, 1.807) is 40.7 Å². The van der Waals surface area contributed by atoms with Crippen LogP contribution >= 0.6 is 0 Å². The highest BCUT2D eigenvalue weighted by Crippen LogP contribution is 2.43. The monoisotopic (exact) mass is 655 g/mol. The quantitative estimate of drug-likeness (QED) is 0.249. The number of nitrogens with one attached hydrogen (secondary N) is 2. The van der Waals surface area contributed by atoms with Gasteiger partial charge in [0, 0.05) is 55.1 Å². The predicted molar refractivity (Wildman–Crippen MR) is 171 cm³/mol. The molecule has 0 spiro atoms. The molecule has 5 rings (SSSR count). The molecule has 7 nitrogen and oxygen atoms in total. The highest BCUT2D eigenvalue weighted by Gasteiger charge is 2.44. The molecule has 2 saturated heterocycles. The van der Waals surface area contributed by atoms with Crippen molar-refractivity contribution >= 4 is 21.6 Å². The first-order valence-electron chi connectivity index (χ1n) is 15.6. The van der Waals surface area contributed by atoms with E-state index in [1.165, 1.54) is 24.3 Å². The molecule has 2 fully saturated rings. The number of carbonyl (C=O) groups excluding carboxylic acids is 1. The molecule has 0 saturated carbocycles. The zero-order chi connectivity index (χ0) is 32.9. The topological polar surface area (TPSA) is 87.7 Å². The van der Waals surface area contributed by atoms with Gasteiger partial charge in [-0.15, -0.1) is 6.58 Å². The number of benzene rings is 3. The number of carbonyl (C=O) groups is 1. The third kappa shape index (κ3) is 6.92. The van der Waals surface area contributed by atoms with Gasteiger partial charge in [-0.1, -0.05) is 36.4 Å². The highest BCUT2D eigenvalue weighted by atomic mass is 32.2. The SMILES string of the molecule is C=CC(C(=O)Nc1cccc(F)c1CCCC1CNCC(C)N1S(=O)(=O)c1ccccc1)C1(c2ccc(F)c(F)c2)CCOCC1. The summed E-state index contributed by atoms with van der Waals surface area (Å²) in [5, 5.41) is 6.20.